The van der Waals surface area contributed by atoms with Gasteiger partial charge in [-0.1, -0.05) is 6.58 Å². The standard InChI is InChI=1S/C12H20N2O2/c1-5-10(15)13-7-9-6-11(16)14(8-9)12(2,3)4/h5,9H,1,6-8H2,2-4H3,(H,13,15). The van der Waals surface area contributed by atoms with Crippen LogP contribution in [0.25, 0.3) is 0 Å². The summed E-state index contributed by atoms with van der Waals surface area (Å²) in [6.07, 6.45) is 1.77. The lowest BCUT2D eigenvalue weighted by atomic mass is 10.1. The number of carbonyl (C=O) groups is 2. The molecule has 1 aliphatic heterocycles. The summed E-state index contributed by atoms with van der Waals surface area (Å²) in [5, 5.41) is 2.73. The fourth-order valence-corrected chi connectivity index (χ4v) is 1.88. The van der Waals surface area contributed by atoms with Gasteiger partial charge in [-0.15, -0.1) is 0 Å². The van der Waals surface area contributed by atoms with Crippen molar-refractivity contribution in [3.8, 4) is 0 Å². The molecule has 1 fully saturated rings. The summed E-state index contributed by atoms with van der Waals surface area (Å²) in [6, 6.07) is 0. The summed E-state index contributed by atoms with van der Waals surface area (Å²) in [7, 11) is 0. The molecule has 0 aromatic rings. The first-order valence-corrected chi connectivity index (χ1v) is 5.55. The second kappa shape index (κ2) is 4.68. The van der Waals surface area contributed by atoms with E-state index in [0.717, 1.165) is 6.54 Å². The number of nitrogens with one attached hydrogen (secondary N) is 1. The van der Waals surface area contributed by atoms with E-state index in [2.05, 4.69) is 11.9 Å². The minimum atomic E-state index is -0.179. The first-order chi connectivity index (χ1) is 7.34. The van der Waals surface area contributed by atoms with Crippen molar-refractivity contribution in [3.05, 3.63) is 12.7 Å². The van der Waals surface area contributed by atoms with Crippen molar-refractivity contribution in [1.82, 2.24) is 10.2 Å². The molecule has 0 aromatic heterocycles. The maximum Gasteiger partial charge on any atom is 0.243 e. The van der Waals surface area contributed by atoms with Crippen LogP contribution in [0.5, 0.6) is 0 Å². The number of rotatable bonds is 3. The van der Waals surface area contributed by atoms with Gasteiger partial charge in [0, 0.05) is 31.0 Å². The van der Waals surface area contributed by atoms with Crippen molar-refractivity contribution in [1.29, 1.82) is 0 Å². The molecule has 1 unspecified atom stereocenters. The molecule has 1 rings (SSSR count). The fraction of sp³-hybridized carbons (Fsp3) is 0.667. The topological polar surface area (TPSA) is 49.4 Å². The van der Waals surface area contributed by atoms with Crippen LogP contribution in [0.15, 0.2) is 12.7 Å². The van der Waals surface area contributed by atoms with Crippen LogP contribution in [-0.4, -0.2) is 35.3 Å². The van der Waals surface area contributed by atoms with Gasteiger partial charge in [-0.2, -0.15) is 0 Å². The number of hydrogen-bond donors (Lipinski definition) is 1. The molecule has 0 radical (unpaired) electrons. The molecule has 0 saturated carbocycles. The highest BCUT2D eigenvalue weighted by atomic mass is 16.2. The van der Waals surface area contributed by atoms with Crippen LogP contribution in [0.3, 0.4) is 0 Å². The molecule has 0 aromatic carbocycles. The Morgan fingerprint density at radius 1 is 1.62 bits per heavy atom. The summed E-state index contributed by atoms with van der Waals surface area (Å²) in [5.41, 5.74) is -0.131. The third-order valence-electron chi connectivity index (χ3n) is 2.77. The van der Waals surface area contributed by atoms with Crippen molar-refractivity contribution in [2.24, 2.45) is 5.92 Å². The van der Waals surface area contributed by atoms with E-state index < -0.39 is 0 Å². The maximum absolute atomic E-state index is 11.7. The van der Waals surface area contributed by atoms with Crippen LogP contribution in [0.1, 0.15) is 27.2 Å². The third kappa shape index (κ3) is 3.08. The fourth-order valence-electron chi connectivity index (χ4n) is 1.88. The van der Waals surface area contributed by atoms with Gasteiger partial charge >= 0.3 is 0 Å². The van der Waals surface area contributed by atoms with Crippen molar-refractivity contribution in [2.75, 3.05) is 13.1 Å². The highest BCUT2D eigenvalue weighted by molar-refractivity contribution is 5.87. The lowest BCUT2D eigenvalue weighted by Gasteiger charge is -2.32. The Morgan fingerprint density at radius 3 is 2.69 bits per heavy atom. The van der Waals surface area contributed by atoms with Crippen molar-refractivity contribution in [3.63, 3.8) is 0 Å². The first-order valence-electron chi connectivity index (χ1n) is 5.55. The van der Waals surface area contributed by atoms with Crippen LogP contribution in [0, 0.1) is 5.92 Å². The first kappa shape index (κ1) is 12.7. The molecule has 1 atom stereocenters. The Morgan fingerprint density at radius 2 is 2.25 bits per heavy atom. The molecule has 0 bridgehead atoms. The quantitative estimate of drug-likeness (QED) is 0.725. The number of carbonyl (C=O) groups excluding carboxylic acids is 2. The Hall–Kier alpha value is -1.32. The molecule has 4 nitrogen and oxygen atoms in total. The largest absolute Gasteiger partial charge is 0.352 e. The van der Waals surface area contributed by atoms with Gasteiger partial charge in [0.2, 0.25) is 11.8 Å². The van der Waals surface area contributed by atoms with E-state index in [9.17, 15) is 9.59 Å². The summed E-state index contributed by atoms with van der Waals surface area (Å²) in [4.78, 5) is 24.6. The molecular weight excluding hydrogens is 204 g/mol. The van der Waals surface area contributed by atoms with Gasteiger partial charge in [0.1, 0.15) is 0 Å². The number of amides is 2. The second-order valence-electron chi connectivity index (χ2n) is 5.19. The van der Waals surface area contributed by atoms with Gasteiger partial charge in [0.25, 0.3) is 0 Å². The lowest BCUT2D eigenvalue weighted by molar-refractivity contribution is -0.131. The lowest BCUT2D eigenvalue weighted by Crippen LogP contribution is -2.42. The Labute approximate surface area is 96.7 Å². The average molecular weight is 224 g/mol. The van der Waals surface area contributed by atoms with E-state index >= 15 is 0 Å². The number of hydrogen-bond acceptors (Lipinski definition) is 2. The minimum absolute atomic E-state index is 0.131. The van der Waals surface area contributed by atoms with Crippen LogP contribution >= 0.6 is 0 Å². The van der Waals surface area contributed by atoms with Gasteiger partial charge in [-0.3, -0.25) is 9.59 Å². The summed E-state index contributed by atoms with van der Waals surface area (Å²) in [5.74, 6) is 0.211. The van der Waals surface area contributed by atoms with E-state index in [-0.39, 0.29) is 23.3 Å². The Kier molecular flexibility index (Phi) is 3.73. The van der Waals surface area contributed by atoms with E-state index in [1.54, 1.807) is 0 Å². The third-order valence-corrected chi connectivity index (χ3v) is 2.77. The Bertz CT molecular complexity index is 305. The predicted octanol–water partition coefficient (Wildman–Crippen LogP) is 0.936. The van der Waals surface area contributed by atoms with Crippen LogP contribution < -0.4 is 5.32 Å². The zero-order valence-electron chi connectivity index (χ0n) is 10.2. The van der Waals surface area contributed by atoms with E-state index in [0.29, 0.717) is 13.0 Å². The molecule has 90 valence electrons. The molecule has 0 aliphatic carbocycles. The van der Waals surface area contributed by atoms with Gasteiger partial charge in [-0.25, -0.2) is 0 Å². The summed E-state index contributed by atoms with van der Waals surface area (Å²) >= 11 is 0. The van der Waals surface area contributed by atoms with E-state index in [4.69, 9.17) is 0 Å². The molecule has 1 saturated heterocycles. The molecule has 1 heterocycles. The summed E-state index contributed by atoms with van der Waals surface area (Å²) in [6.45, 7) is 10.7. The molecule has 1 N–H and O–H groups in total. The Balaban J connectivity index is 2.48. The van der Waals surface area contributed by atoms with Gasteiger partial charge in [-0.05, 0) is 26.8 Å². The highest BCUT2D eigenvalue weighted by Crippen LogP contribution is 2.25. The molecule has 4 heteroatoms. The van der Waals surface area contributed by atoms with Crippen molar-refractivity contribution in [2.45, 2.75) is 32.7 Å². The van der Waals surface area contributed by atoms with Gasteiger partial charge in [0.15, 0.2) is 0 Å². The molecule has 0 spiro atoms. The number of likely N-dealkylation sites (tertiary alicyclic amines) is 1. The van der Waals surface area contributed by atoms with Crippen LogP contribution in [0.2, 0.25) is 0 Å². The molecule has 2 amide bonds. The zero-order valence-corrected chi connectivity index (χ0v) is 10.2. The van der Waals surface area contributed by atoms with Crippen LogP contribution in [-0.2, 0) is 9.59 Å². The number of nitrogens with zero attached hydrogens (tertiary/aromatic N) is 1. The molecule has 1 aliphatic rings. The predicted molar refractivity (Wildman–Crippen MR) is 62.8 cm³/mol. The van der Waals surface area contributed by atoms with Gasteiger partial charge in [0.05, 0.1) is 0 Å². The van der Waals surface area contributed by atoms with Gasteiger partial charge < -0.3 is 10.2 Å². The normalized spacial score (nSPS) is 21.1. The SMILES string of the molecule is C=CC(=O)NCC1CC(=O)N(C(C)(C)C)C1. The zero-order chi connectivity index (χ0) is 12.3. The van der Waals surface area contributed by atoms with E-state index in [1.807, 2.05) is 25.7 Å². The van der Waals surface area contributed by atoms with E-state index in [1.165, 1.54) is 6.08 Å². The monoisotopic (exact) mass is 224 g/mol. The summed E-state index contributed by atoms with van der Waals surface area (Å²) < 4.78 is 0. The van der Waals surface area contributed by atoms with Crippen molar-refractivity contribution < 1.29 is 9.59 Å². The van der Waals surface area contributed by atoms with Crippen LogP contribution in [0.4, 0.5) is 0 Å². The smallest absolute Gasteiger partial charge is 0.243 e. The maximum atomic E-state index is 11.7. The average Bonchev–Trinajstić information content (AvgIpc) is 2.55. The second-order valence-corrected chi connectivity index (χ2v) is 5.19. The van der Waals surface area contributed by atoms with Crippen molar-refractivity contribution >= 4 is 11.8 Å². The minimum Gasteiger partial charge on any atom is -0.352 e. The highest BCUT2D eigenvalue weighted by Gasteiger charge is 2.35. The molecular formula is C12H20N2O2. The molecule has 16 heavy (non-hydrogen) atoms.